The first-order chi connectivity index (χ1) is 15.2. The van der Waals surface area contributed by atoms with Gasteiger partial charge in [-0.05, 0) is 53.4 Å². The zero-order chi connectivity index (χ0) is 21.5. The molecule has 0 atom stereocenters. The Balaban J connectivity index is 1.60. The van der Waals surface area contributed by atoms with Crippen LogP contribution in [0.3, 0.4) is 0 Å². The van der Waals surface area contributed by atoms with Gasteiger partial charge in [-0.1, -0.05) is 18.2 Å². The zero-order valence-corrected chi connectivity index (χ0v) is 17.1. The lowest BCUT2D eigenvalue weighted by Crippen LogP contribution is -2.09. The van der Waals surface area contributed by atoms with Crippen LogP contribution < -0.4 is 10.6 Å². The van der Waals surface area contributed by atoms with Crippen LogP contribution in [0.15, 0.2) is 85.7 Å². The Morgan fingerprint density at radius 2 is 1.58 bits per heavy atom. The first kappa shape index (κ1) is 20.2. The number of aromatic nitrogens is 4. The van der Waals surface area contributed by atoms with E-state index >= 15 is 0 Å². The van der Waals surface area contributed by atoms with Gasteiger partial charge in [0.2, 0.25) is 5.91 Å². The van der Waals surface area contributed by atoms with Gasteiger partial charge in [-0.3, -0.25) is 14.8 Å². The number of rotatable bonds is 7. The fraction of sp³-hybridized carbons (Fsp3) is 0.125. The number of carbonyl (C=O) groups excluding carboxylic acids is 1. The number of anilines is 3. The molecule has 0 unspecified atom stereocenters. The number of nitrogens with zero attached hydrogens (tertiary/aromatic N) is 4. The molecule has 0 spiro atoms. The second kappa shape index (κ2) is 9.58. The predicted octanol–water partition coefficient (Wildman–Crippen LogP) is 4.34. The molecule has 0 aliphatic heterocycles. The van der Waals surface area contributed by atoms with Crippen LogP contribution in [0.25, 0.3) is 0 Å². The van der Waals surface area contributed by atoms with Crippen molar-refractivity contribution in [3.8, 4) is 0 Å². The van der Waals surface area contributed by atoms with E-state index in [-0.39, 0.29) is 11.8 Å². The Kier molecular flexibility index (Phi) is 6.23. The van der Waals surface area contributed by atoms with Gasteiger partial charge in [-0.15, -0.1) is 0 Å². The highest BCUT2D eigenvalue weighted by Gasteiger charge is 2.18. The van der Waals surface area contributed by atoms with Crippen molar-refractivity contribution >= 4 is 23.2 Å². The molecule has 0 aromatic carbocycles. The third kappa shape index (κ3) is 5.27. The highest BCUT2D eigenvalue weighted by atomic mass is 16.1. The van der Waals surface area contributed by atoms with Gasteiger partial charge < -0.3 is 10.6 Å². The summed E-state index contributed by atoms with van der Waals surface area (Å²) < 4.78 is 0. The highest BCUT2D eigenvalue weighted by molar-refractivity contribution is 5.87. The predicted molar refractivity (Wildman–Crippen MR) is 120 cm³/mol. The molecule has 7 nitrogen and oxygen atoms in total. The zero-order valence-electron chi connectivity index (χ0n) is 17.1. The van der Waals surface area contributed by atoms with E-state index in [9.17, 15) is 4.79 Å². The molecule has 0 aliphatic rings. The largest absolute Gasteiger partial charge is 0.339 e. The van der Waals surface area contributed by atoms with Crippen molar-refractivity contribution in [1.82, 2.24) is 19.9 Å². The van der Waals surface area contributed by atoms with Crippen molar-refractivity contribution < 1.29 is 4.79 Å². The number of amides is 1. The summed E-state index contributed by atoms with van der Waals surface area (Å²) in [6, 6.07) is 15.7. The fourth-order valence-corrected chi connectivity index (χ4v) is 3.39. The molecule has 1 amide bonds. The third-order valence-corrected chi connectivity index (χ3v) is 4.82. The Bertz CT molecular complexity index is 1090. The van der Waals surface area contributed by atoms with Crippen molar-refractivity contribution in [2.45, 2.75) is 19.3 Å². The van der Waals surface area contributed by atoms with Crippen LogP contribution >= 0.6 is 0 Å². The molecule has 0 bridgehead atoms. The minimum atomic E-state index is -0.155. The summed E-state index contributed by atoms with van der Waals surface area (Å²) in [5.41, 5.74) is 4.08. The molecular formula is C24H22N6O. The lowest BCUT2D eigenvalue weighted by Gasteiger charge is -2.19. The van der Waals surface area contributed by atoms with Gasteiger partial charge in [-0.2, -0.15) is 0 Å². The number of hydrogen-bond acceptors (Lipinski definition) is 6. The van der Waals surface area contributed by atoms with Gasteiger partial charge >= 0.3 is 0 Å². The molecule has 0 saturated carbocycles. The number of nitrogens with one attached hydrogen (secondary N) is 2. The number of hydrogen-bond donors (Lipinski definition) is 2. The summed E-state index contributed by atoms with van der Waals surface area (Å²) in [4.78, 5) is 28.6. The van der Waals surface area contributed by atoms with Crippen molar-refractivity contribution in [1.29, 1.82) is 0 Å². The summed E-state index contributed by atoms with van der Waals surface area (Å²) in [5.74, 6) is 1.20. The fourth-order valence-electron chi connectivity index (χ4n) is 3.39. The van der Waals surface area contributed by atoms with E-state index in [1.165, 1.54) is 6.92 Å². The molecule has 31 heavy (non-hydrogen) atoms. The summed E-state index contributed by atoms with van der Waals surface area (Å²) >= 11 is 0. The lowest BCUT2D eigenvalue weighted by molar-refractivity contribution is -0.114. The van der Waals surface area contributed by atoms with Crippen molar-refractivity contribution in [2.24, 2.45) is 0 Å². The summed E-state index contributed by atoms with van der Waals surface area (Å²) in [6.45, 7) is 1.45. The van der Waals surface area contributed by atoms with E-state index in [2.05, 4.69) is 48.8 Å². The van der Waals surface area contributed by atoms with Crippen molar-refractivity contribution in [3.63, 3.8) is 0 Å². The molecule has 4 aromatic heterocycles. The van der Waals surface area contributed by atoms with E-state index in [4.69, 9.17) is 0 Å². The maximum Gasteiger partial charge on any atom is 0.222 e. The van der Waals surface area contributed by atoms with Crippen LogP contribution in [-0.2, 0) is 11.2 Å². The summed E-state index contributed by atoms with van der Waals surface area (Å²) in [5, 5.41) is 6.01. The molecule has 0 saturated heterocycles. The SMILES string of the molecule is CC(=O)Nc1ccc(Nc2ncccc2CC(c2cccnc2)c2cccnc2)cn1. The van der Waals surface area contributed by atoms with E-state index in [1.54, 1.807) is 30.9 Å². The third-order valence-electron chi connectivity index (χ3n) is 4.82. The van der Waals surface area contributed by atoms with Gasteiger partial charge in [-0.25, -0.2) is 9.97 Å². The van der Waals surface area contributed by atoms with Crippen LogP contribution in [0.1, 0.15) is 29.5 Å². The molecule has 4 heterocycles. The quantitative estimate of drug-likeness (QED) is 0.471. The average molecular weight is 410 g/mol. The van der Waals surface area contributed by atoms with E-state index in [0.29, 0.717) is 5.82 Å². The monoisotopic (exact) mass is 410 g/mol. The standard InChI is InChI=1S/C24H22N6O/c1-17(31)29-23-9-8-21(16-28-23)30-24-18(5-4-12-27-24)13-22(19-6-2-10-25-14-19)20-7-3-11-26-15-20/h2-12,14-16,22H,13H2,1H3,(H,27,30)(H,28,29,31). The number of pyridine rings is 4. The van der Waals surface area contributed by atoms with Gasteiger partial charge in [0, 0.05) is 43.8 Å². The maximum absolute atomic E-state index is 11.2. The average Bonchev–Trinajstić information content (AvgIpc) is 2.80. The Morgan fingerprint density at radius 1 is 0.871 bits per heavy atom. The molecule has 4 aromatic rings. The van der Waals surface area contributed by atoms with Crippen LogP contribution in [0.5, 0.6) is 0 Å². The van der Waals surface area contributed by atoms with Gasteiger partial charge in [0.1, 0.15) is 11.6 Å². The molecule has 154 valence electrons. The lowest BCUT2D eigenvalue weighted by atomic mass is 9.87. The first-order valence-electron chi connectivity index (χ1n) is 9.93. The highest BCUT2D eigenvalue weighted by Crippen LogP contribution is 2.30. The van der Waals surface area contributed by atoms with Gasteiger partial charge in [0.05, 0.1) is 11.9 Å². The van der Waals surface area contributed by atoms with E-state index in [1.807, 2.05) is 36.7 Å². The minimum absolute atomic E-state index is 0.0902. The van der Waals surface area contributed by atoms with E-state index in [0.717, 1.165) is 34.6 Å². The first-order valence-corrected chi connectivity index (χ1v) is 9.93. The van der Waals surface area contributed by atoms with Crippen molar-refractivity contribution in [2.75, 3.05) is 10.6 Å². The molecule has 0 radical (unpaired) electrons. The second-order valence-electron chi connectivity index (χ2n) is 7.08. The molecule has 7 heteroatoms. The van der Waals surface area contributed by atoms with Gasteiger partial charge in [0.15, 0.2) is 0 Å². The normalized spacial score (nSPS) is 10.6. The number of carbonyl (C=O) groups is 1. The smallest absolute Gasteiger partial charge is 0.222 e. The topological polar surface area (TPSA) is 92.7 Å². The summed E-state index contributed by atoms with van der Waals surface area (Å²) in [7, 11) is 0. The van der Waals surface area contributed by atoms with Crippen molar-refractivity contribution in [3.05, 3.63) is 102 Å². The van der Waals surface area contributed by atoms with E-state index < -0.39 is 0 Å². The molecule has 2 N–H and O–H groups in total. The van der Waals surface area contributed by atoms with Gasteiger partial charge in [0.25, 0.3) is 0 Å². The molecule has 0 fully saturated rings. The maximum atomic E-state index is 11.2. The minimum Gasteiger partial charge on any atom is -0.339 e. The van der Waals surface area contributed by atoms with Crippen LogP contribution in [-0.4, -0.2) is 25.8 Å². The Morgan fingerprint density at radius 3 is 2.16 bits per heavy atom. The molecule has 4 rings (SSSR count). The van der Waals surface area contributed by atoms with Crippen LogP contribution in [0.2, 0.25) is 0 Å². The summed E-state index contributed by atoms with van der Waals surface area (Å²) in [6.07, 6.45) is 11.5. The second-order valence-corrected chi connectivity index (χ2v) is 7.08. The Hall–Kier alpha value is -4.13. The Labute approximate surface area is 180 Å². The van der Waals surface area contributed by atoms with Crippen LogP contribution in [0.4, 0.5) is 17.3 Å². The molecular weight excluding hydrogens is 388 g/mol. The van der Waals surface area contributed by atoms with Crippen LogP contribution in [0, 0.1) is 0 Å². The molecule has 0 aliphatic carbocycles.